The summed E-state index contributed by atoms with van der Waals surface area (Å²) in [5.41, 5.74) is 2.26. The maximum atomic E-state index is 10.9. The fourth-order valence-electron chi connectivity index (χ4n) is 1.90. The normalized spacial score (nSPS) is 10.9. The van der Waals surface area contributed by atoms with E-state index >= 15 is 0 Å². The van der Waals surface area contributed by atoms with Crippen LogP contribution in [0.1, 0.15) is 10.4 Å². The topological polar surface area (TPSA) is 30.2 Å². The SMILES string of the molecule is O=Cc1cccc2oc3ccccc3c12. The van der Waals surface area contributed by atoms with Crippen molar-refractivity contribution in [3.05, 3.63) is 48.0 Å². The number of carbonyl (C=O) groups is 1. The van der Waals surface area contributed by atoms with Gasteiger partial charge in [0.2, 0.25) is 0 Å². The minimum atomic E-state index is 0.678. The molecule has 0 saturated carbocycles. The Kier molecular flexibility index (Phi) is 1.62. The fourth-order valence-corrected chi connectivity index (χ4v) is 1.90. The molecule has 0 unspecified atom stereocenters. The van der Waals surface area contributed by atoms with Gasteiger partial charge in [0.05, 0.1) is 0 Å². The molecular formula is C13H8O2. The van der Waals surface area contributed by atoms with Gasteiger partial charge in [-0.1, -0.05) is 30.3 Å². The van der Waals surface area contributed by atoms with Gasteiger partial charge in [-0.15, -0.1) is 0 Å². The van der Waals surface area contributed by atoms with Crippen LogP contribution in [0.5, 0.6) is 0 Å². The van der Waals surface area contributed by atoms with E-state index in [0.717, 1.165) is 28.2 Å². The summed E-state index contributed by atoms with van der Waals surface area (Å²) in [6.45, 7) is 0. The minimum absolute atomic E-state index is 0.678. The van der Waals surface area contributed by atoms with Crippen LogP contribution in [0.3, 0.4) is 0 Å². The van der Waals surface area contributed by atoms with Gasteiger partial charge in [-0.05, 0) is 12.1 Å². The maximum Gasteiger partial charge on any atom is 0.150 e. The molecule has 0 saturated heterocycles. The first kappa shape index (κ1) is 8.24. The van der Waals surface area contributed by atoms with Crippen LogP contribution in [0.2, 0.25) is 0 Å². The van der Waals surface area contributed by atoms with Crippen LogP contribution in [0.25, 0.3) is 21.9 Å². The van der Waals surface area contributed by atoms with Crippen LogP contribution in [0.15, 0.2) is 46.9 Å². The zero-order valence-corrected chi connectivity index (χ0v) is 7.94. The molecule has 0 aliphatic carbocycles. The standard InChI is InChI=1S/C13H8O2/c14-8-9-4-3-7-12-13(9)10-5-1-2-6-11(10)15-12/h1-8H. The van der Waals surface area contributed by atoms with Crippen LogP contribution in [-0.2, 0) is 0 Å². The van der Waals surface area contributed by atoms with E-state index in [4.69, 9.17) is 4.42 Å². The predicted octanol–water partition coefficient (Wildman–Crippen LogP) is 3.40. The fraction of sp³-hybridized carbons (Fsp3) is 0. The van der Waals surface area contributed by atoms with E-state index < -0.39 is 0 Å². The van der Waals surface area contributed by atoms with Crippen molar-refractivity contribution in [1.82, 2.24) is 0 Å². The highest BCUT2D eigenvalue weighted by Crippen LogP contribution is 2.30. The summed E-state index contributed by atoms with van der Waals surface area (Å²) in [6.07, 6.45) is 0.865. The van der Waals surface area contributed by atoms with E-state index in [-0.39, 0.29) is 0 Å². The molecule has 0 bridgehead atoms. The molecule has 0 radical (unpaired) electrons. The smallest absolute Gasteiger partial charge is 0.150 e. The first-order valence-corrected chi connectivity index (χ1v) is 4.75. The van der Waals surface area contributed by atoms with Gasteiger partial charge < -0.3 is 4.42 Å². The summed E-state index contributed by atoms with van der Waals surface area (Å²) in [5.74, 6) is 0. The van der Waals surface area contributed by atoms with Crippen LogP contribution < -0.4 is 0 Å². The van der Waals surface area contributed by atoms with Crippen molar-refractivity contribution in [1.29, 1.82) is 0 Å². The quantitative estimate of drug-likeness (QED) is 0.558. The molecule has 0 spiro atoms. The van der Waals surface area contributed by atoms with Gasteiger partial charge >= 0.3 is 0 Å². The Balaban J connectivity index is 2.62. The first-order valence-electron chi connectivity index (χ1n) is 4.75. The molecule has 3 rings (SSSR count). The average Bonchev–Trinajstić information content (AvgIpc) is 2.67. The van der Waals surface area contributed by atoms with Gasteiger partial charge in [0.25, 0.3) is 0 Å². The Morgan fingerprint density at radius 3 is 2.60 bits per heavy atom. The molecule has 0 aliphatic rings. The van der Waals surface area contributed by atoms with E-state index in [1.54, 1.807) is 6.07 Å². The van der Waals surface area contributed by atoms with Crippen molar-refractivity contribution in [3.8, 4) is 0 Å². The lowest BCUT2D eigenvalue weighted by Gasteiger charge is -1.92. The number of carbonyl (C=O) groups excluding carboxylic acids is 1. The molecule has 1 heterocycles. The molecule has 1 aromatic heterocycles. The van der Waals surface area contributed by atoms with Crippen molar-refractivity contribution < 1.29 is 9.21 Å². The largest absolute Gasteiger partial charge is 0.456 e. The van der Waals surface area contributed by atoms with Crippen LogP contribution in [0, 0.1) is 0 Å². The Bertz CT molecular complexity index is 650. The number of furan rings is 1. The third-order valence-electron chi connectivity index (χ3n) is 2.56. The second kappa shape index (κ2) is 2.95. The molecule has 2 nitrogen and oxygen atoms in total. The lowest BCUT2D eigenvalue weighted by molar-refractivity contribution is 0.112. The summed E-state index contributed by atoms with van der Waals surface area (Å²) >= 11 is 0. The number of aldehydes is 1. The maximum absolute atomic E-state index is 10.9. The Morgan fingerprint density at radius 1 is 0.933 bits per heavy atom. The highest BCUT2D eigenvalue weighted by molar-refractivity contribution is 6.12. The molecular weight excluding hydrogens is 188 g/mol. The summed E-state index contributed by atoms with van der Waals surface area (Å²) in [4.78, 5) is 10.9. The van der Waals surface area contributed by atoms with Crippen LogP contribution >= 0.6 is 0 Å². The van der Waals surface area contributed by atoms with Gasteiger partial charge in [0.15, 0.2) is 6.29 Å². The molecule has 0 N–H and O–H groups in total. The third kappa shape index (κ3) is 1.08. The predicted molar refractivity (Wildman–Crippen MR) is 59.1 cm³/mol. The van der Waals surface area contributed by atoms with Gasteiger partial charge in [-0.2, -0.15) is 0 Å². The van der Waals surface area contributed by atoms with Crippen molar-refractivity contribution in [2.75, 3.05) is 0 Å². The van der Waals surface area contributed by atoms with E-state index in [1.807, 2.05) is 36.4 Å². The lowest BCUT2D eigenvalue weighted by atomic mass is 10.1. The van der Waals surface area contributed by atoms with E-state index in [1.165, 1.54) is 0 Å². The number of hydrogen-bond donors (Lipinski definition) is 0. The summed E-state index contributed by atoms with van der Waals surface area (Å²) in [6, 6.07) is 13.2. The molecule has 0 amide bonds. The highest BCUT2D eigenvalue weighted by Gasteiger charge is 2.08. The zero-order chi connectivity index (χ0) is 10.3. The van der Waals surface area contributed by atoms with Crippen molar-refractivity contribution >= 4 is 28.2 Å². The van der Waals surface area contributed by atoms with E-state index in [0.29, 0.717) is 5.56 Å². The molecule has 15 heavy (non-hydrogen) atoms. The second-order valence-electron chi connectivity index (χ2n) is 3.44. The molecule has 3 aromatic rings. The third-order valence-corrected chi connectivity index (χ3v) is 2.56. The molecule has 0 aliphatic heterocycles. The summed E-state index contributed by atoms with van der Waals surface area (Å²) in [7, 11) is 0. The molecule has 2 aromatic carbocycles. The van der Waals surface area contributed by atoms with Gasteiger partial charge in [0, 0.05) is 16.3 Å². The van der Waals surface area contributed by atoms with Crippen LogP contribution in [0.4, 0.5) is 0 Å². The monoisotopic (exact) mass is 196 g/mol. The Morgan fingerprint density at radius 2 is 1.73 bits per heavy atom. The Hall–Kier alpha value is -2.09. The lowest BCUT2D eigenvalue weighted by Crippen LogP contribution is -1.79. The second-order valence-corrected chi connectivity index (χ2v) is 3.44. The molecule has 0 fully saturated rings. The average molecular weight is 196 g/mol. The van der Waals surface area contributed by atoms with Gasteiger partial charge in [0.1, 0.15) is 11.2 Å². The number of hydrogen-bond acceptors (Lipinski definition) is 2. The summed E-state index contributed by atoms with van der Waals surface area (Å²) < 4.78 is 5.64. The zero-order valence-electron chi connectivity index (χ0n) is 7.94. The highest BCUT2D eigenvalue weighted by atomic mass is 16.3. The van der Waals surface area contributed by atoms with Crippen molar-refractivity contribution in [2.24, 2.45) is 0 Å². The number of benzene rings is 2. The van der Waals surface area contributed by atoms with Crippen molar-refractivity contribution in [2.45, 2.75) is 0 Å². The van der Waals surface area contributed by atoms with Gasteiger partial charge in [-0.25, -0.2) is 0 Å². The van der Waals surface area contributed by atoms with Crippen molar-refractivity contribution in [3.63, 3.8) is 0 Å². The van der Waals surface area contributed by atoms with E-state index in [9.17, 15) is 4.79 Å². The first-order chi connectivity index (χ1) is 7.40. The van der Waals surface area contributed by atoms with E-state index in [2.05, 4.69) is 0 Å². The van der Waals surface area contributed by atoms with Crippen LogP contribution in [-0.4, -0.2) is 6.29 Å². The number of para-hydroxylation sites is 1. The summed E-state index contributed by atoms with van der Waals surface area (Å²) in [5, 5.41) is 1.90. The van der Waals surface area contributed by atoms with Gasteiger partial charge in [-0.3, -0.25) is 4.79 Å². The molecule has 0 atom stereocenters. The number of rotatable bonds is 1. The number of fused-ring (bicyclic) bond motifs is 3. The minimum Gasteiger partial charge on any atom is -0.456 e. The molecule has 72 valence electrons. The Labute approximate surface area is 86.1 Å². The molecule has 2 heteroatoms.